The summed E-state index contributed by atoms with van der Waals surface area (Å²) in [6.07, 6.45) is 4.42. The van der Waals surface area contributed by atoms with Gasteiger partial charge in [-0.1, -0.05) is 129 Å². The molecule has 6 aromatic carbocycles. The van der Waals surface area contributed by atoms with E-state index in [1.165, 1.54) is 60.1 Å². The monoisotopic (exact) mass is 591 g/mol. The zero-order valence-electron chi connectivity index (χ0n) is 26.5. The van der Waals surface area contributed by atoms with Crippen LogP contribution in [0.2, 0.25) is 0 Å². The summed E-state index contributed by atoms with van der Waals surface area (Å²) in [5, 5.41) is 9.92. The van der Waals surface area contributed by atoms with E-state index in [2.05, 4.69) is 160 Å². The van der Waals surface area contributed by atoms with Gasteiger partial charge < -0.3 is 0 Å². The molecule has 0 spiro atoms. The average molecular weight is 592 g/mol. The first-order valence-corrected chi connectivity index (χ1v) is 16.1. The van der Waals surface area contributed by atoms with Gasteiger partial charge in [-0.05, 0) is 75.5 Å². The predicted molar refractivity (Wildman–Crippen MR) is 195 cm³/mol. The first-order valence-electron chi connectivity index (χ1n) is 16.1. The summed E-state index contributed by atoms with van der Waals surface area (Å²) >= 11 is 0. The molecule has 0 unspecified atom stereocenters. The van der Waals surface area contributed by atoms with E-state index in [1.54, 1.807) is 0 Å². The Morgan fingerprint density at radius 3 is 1.83 bits per heavy atom. The third-order valence-electron chi connectivity index (χ3n) is 10.2. The molecule has 46 heavy (non-hydrogen) atoms. The van der Waals surface area contributed by atoms with Gasteiger partial charge in [0.05, 0.1) is 22.4 Å². The number of hydrogen-bond acceptors (Lipinski definition) is 2. The fourth-order valence-corrected chi connectivity index (χ4v) is 7.83. The molecule has 8 aromatic rings. The van der Waals surface area contributed by atoms with Crippen molar-refractivity contribution in [2.45, 2.75) is 33.1 Å². The van der Waals surface area contributed by atoms with Crippen molar-refractivity contribution in [3.05, 3.63) is 144 Å². The van der Waals surface area contributed by atoms with E-state index in [9.17, 15) is 0 Å². The predicted octanol–water partition coefficient (Wildman–Crippen LogP) is 11.3. The number of fused-ring (bicyclic) bond motifs is 10. The maximum absolute atomic E-state index is 5.41. The highest BCUT2D eigenvalue weighted by Gasteiger charge is 2.40. The minimum Gasteiger partial charge on any atom is -0.278 e. The molecule has 0 bridgehead atoms. The maximum Gasteiger partial charge on any atom is 0.235 e. The molecule has 1 aliphatic rings. The summed E-state index contributed by atoms with van der Waals surface area (Å²) in [5.41, 5.74) is 9.05. The quantitative estimate of drug-likeness (QED) is 0.191. The highest BCUT2D eigenvalue weighted by Crippen LogP contribution is 2.53. The van der Waals surface area contributed by atoms with Crippen molar-refractivity contribution < 1.29 is 0 Å². The standard InChI is InChI=1S/C43H33N3/c1-5-15-28-26(2)43(3,4)39-36-24-34-31-20-11-9-18-29(31)30-19-10-12-21-32(30)35(34)25-38(36)46(41(28)39)42-44-37-23-14-13-22-33(37)40(45-42)27-16-7-6-8-17-27/h5-25H,1-4H3/b15-5-. The Bertz CT molecular complexity index is 2620. The van der Waals surface area contributed by atoms with Crippen LogP contribution in [0.4, 0.5) is 0 Å². The Balaban J connectivity index is 1.50. The molecule has 3 nitrogen and oxygen atoms in total. The van der Waals surface area contributed by atoms with Gasteiger partial charge in [0.25, 0.3) is 0 Å². The second-order valence-electron chi connectivity index (χ2n) is 13.0. The number of aromatic nitrogens is 3. The minimum atomic E-state index is -0.173. The smallest absolute Gasteiger partial charge is 0.235 e. The van der Waals surface area contributed by atoms with Gasteiger partial charge >= 0.3 is 0 Å². The van der Waals surface area contributed by atoms with E-state index in [0.29, 0.717) is 5.95 Å². The topological polar surface area (TPSA) is 30.7 Å². The Labute approximate surface area is 268 Å². The molecule has 0 fully saturated rings. The van der Waals surface area contributed by atoms with Crippen LogP contribution < -0.4 is 0 Å². The van der Waals surface area contributed by atoms with Gasteiger partial charge in [-0.3, -0.25) is 4.57 Å². The summed E-state index contributed by atoms with van der Waals surface area (Å²) < 4.78 is 2.35. The van der Waals surface area contributed by atoms with Gasteiger partial charge in [-0.2, -0.15) is 0 Å². The van der Waals surface area contributed by atoms with E-state index < -0.39 is 0 Å². The number of nitrogens with zero attached hydrogens (tertiary/aromatic N) is 3. The lowest BCUT2D eigenvalue weighted by Gasteiger charge is -2.22. The Morgan fingerprint density at radius 1 is 0.609 bits per heavy atom. The molecule has 3 heteroatoms. The molecular weight excluding hydrogens is 558 g/mol. The highest BCUT2D eigenvalue weighted by atomic mass is 15.2. The summed E-state index contributed by atoms with van der Waals surface area (Å²) in [6, 6.07) is 41.3. The number of rotatable bonds is 3. The lowest BCUT2D eigenvalue weighted by molar-refractivity contribution is 0.644. The zero-order valence-corrected chi connectivity index (χ0v) is 26.5. The van der Waals surface area contributed by atoms with Crippen molar-refractivity contribution >= 4 is 59.7 Å². The summed E-state index contributed by atoms with van der Waals surface area (Å²) in [6.45, 7) is 9.11. The van der Waals surface area contributed by atoms with Crippen molar-refractivity contribution in [3.8, 4) is 17.2 Å². The second-order valence-corrected chi connectivity index (χ2v) is 13.0. The van der Waals surface area contributed by atoms with Crippen molar-refractivity contribution in [1.29, 1.82) is 0 Å². The number of para-hydroxylation sites is 1. The molecule has 0 aliphatic heterocycles. The van der Waals surface area contributed by atoms with Crippen LogP contribution in [0, 0.1) is 0 Å². The van der Waals surface area contributed by atoms with Gasteiger partial charge in [-0.15, -0.1) is 0 Å². The largest absolute Gasteiger partial charge is 0.278 e. The molecule has 0 radical (unpaired) electrons. The minimum absolute atomic E-state index is 0.173. The van der Waals surface area contributed by atoms with Gasteiger partial charge in [0.2, 0.25) is 5.95 Å². The molecule has 0 saturated heterocycles. The first kappa shape index (κ1) is 26.8. The Kier molecular flexibility index (Phi) is 5.67. The molecule has 9 rings (SSSR count). The van der Waals surface area contributed by atoms with Gasteiger partial charge in [-0.25, -0.2) is 9.97 Å². The highest BCUT2D eigenvalue weighted by molar-refractivity contribution is 6.27. The third kappa shape index (κ3) is 3.60. The molecule has 2 heterocycles. The molecule has 1 aliphatic carbocycles. The van der Waals surface area contributed by atoms with E-state index in [1.807, 2.05) is 0 Å². The van der Waals surface area contributed by atoms with Crippen LogP contribution in [0.1, 0.15) is 39.0 Å². The van der Waals surface area contributed by atoms with Gasteiger partial charge in [0.15, 0.2) is 0 Å². The maximum atomic E-state index is 5.41. The average Bonchev–Trinajstić information content (AvgIpc) is 3.53. The van der Waals surface area contributed by atoms with Crippen LogP contribution in [0.15, 0.2) is 133 Å². The Hall–Kier alpha value is -5.54. The van der Waals surface area contributed by atoms with Crippen molar-refractivity contribution in [2.24, 2.45) is 0 Å². The molecule has 0 saturated carbocycles. The molecule has 0 atom stereocenters. The van der Waals surface area contributed by atoms with Crippen molar-refractivity contribution in [3.63, 3.8) is 0 Å². The fourth-order valence-electron chi connectivity index (χ4n) is 7.83. The molecule has 0 amide bonds. The molecule has 2 aromatic heterocycles. The molecular formula is C43H33N3. The van der Waals surface area contributed by atoms with Crippen LogP contribution >= 0.6 is 0 Å². The SMILES string of the molecule is C/C=C\C1=C(C)C(C)(C)c2c1n(-c1nc(-c3ccccc3)c3ccccc3n1)c1cc3c4ccccc4c4ccccc4c3cc21. The lowest BCUT2D eigenvalue weighted by atomic mass is 9.81. The normalized spacial score (nSPS) is 14.5. The third-order valence-corrected chi connectivity index (χ3v) is 10.2. The summed E-state index contributed by atoms with van der Waals surface area (Å²) in [5.74, 6) is 0.695. The van der Waals surface area contributed by atoms with Gasteiger partial charge in [0.1, 0.15) is 0 Å². The van der Waals surface area contributed by atoms with Crippen LogP contribution in [-0.2, 0) is 5.41 Å². The van der Waals surface area contributed by atoms with E-state index in [4.69, 9.17) is 9.97 Å². The first-order chi connectivity index (χ1) is 22.5. The lowest BCUT2D eigenvalue weighted by Crippen LogP contribution is -2.15. The summed E-state index contributed by atoms with van der Waals surface area (Å²) in [4.78, 5) is 10.7. The van der Waals surface area contributed by atoms with Crippen LogP contribution in [-0.4, -0.2) is 14.5 Å². The second kappa shape index (κ2) is 9.73. The number of hydrogen-bond donors (Lipinski definition) is 0. The summed E-state index contributed by atoms with van der Waals surface area (Å²) in [7, 11) is 0. The van der Waals surface area contributed by atoms with E-state index in [-0.39, 0.29) is 5.41 Å². The van der Waals surface area contributed by atoms with Crippen LogP contribution in [0.25, 0.3) is 76.9 Å². The van der Waals surface area contributed by atoms with E-state index >= 15 is 0 Å². The number of allylic oxidation sites excluding steroid dienone is 4. The van der Waals surface area contributed by atoms with Crippen molar-refractivity contribution in [2.75, 3.05) is 0 Å². The zero-order chi connectivity index (χ0) is 31.2. The Morgan fingerprint density at radius 2 is 1.17 bits per heavy atom. The molecule has 0 N–H and O–H groups in total. The molecule has 220 valence electrons. The van der Waals surface area contributed by atoms with Gasteiger partial charge in [0, 0.05) is 21.8 Å². The van der Waals surface area contributed by atoms with Crippen LogP contribution in [0.3, 0.4) is 0 Å². The van der Waals surface area contributed by atoms with E-state index in [0.717, 1.165) is 27.7 Å². The number of benzene rings is 6. The van der Waals surface area contributed by atoms with Crippen molar-refractivity contribution in [1.82, 2.24) is 14.5 Å². The van der Waals surface area contributed by atoms with Crippen LogP contribution in [0.5, 0.6) is 0 Å². The fraction of sp³-hybridized carbons (Fsp3) is 0.116.